The molecule has 1 heterocycles. The zero-order chi connectivity index (χ0) is 14.8. The fraction of sp³-hybridized carbons (Fsp3) is 0.625. The zero-order valence-corrected chi connectivity index (χ0v) is 12.8. The van der Waals surface area contributed by atoms with Crippen molar-refractivity contribution in [3.63, 3.8) is 0 Å². The Kier molecular flexibility index (Phi) is 4.14. The van der Waals surface area contributed by atoms with E-state index in [-0.39, 0.29) is 23.0 Å². The Morgan fingerprint density at radius 1 is 1.50 bits per heavy atom. The van der Waals surface area contributed by atoms with E-state index in [1.54, 1.807) is 13.3 Å². The molecule has 1 aromatic heterocycles. The third-order valence-corrected chi connectivity index (χ3v) is 4.98. The molecule has 0 spiro atoms. The van der Waals surface area contributed by atoms with Gasteiger partial charge in [-0.2, -0.15) is 0 Å². The van der Waals surface area contributed by atoms with E-state index in [0.29, 0.717) is 6.42 Å². The summed E-state index contributed by atoms with van der Waals surface area (Å²) in [6.07, 6.45) is 5.65. The van der Waals surface area contributed by atoms with Gasteiger partial charge in [0.15, 0.2) is 0 Å². The van der Waals surface area contributed by atoms with Gasteiger partial charge in [0.2, 0.25) is 5.91 Å². The van der Waals surface area contributed by atoms with E-state index in [0.717, 1.165) is 18.4 Å². The molecular formula is C16H24N2O2. The number of methoxy groups -OCH3 is 1. The lowest BCUT2D eigenvalue weighted by Gasteiger charge is -2.59. The zero-order valence-electron chi connectivity index (χ0n) is 12.8. The van der Waals surface area contributed by atoms with Crippen LogP contribution in [0, 0.1) is 5.41 Å². The molecule has 1 N–H and O–H groups in total. The Morgan fingerprint density at radius 2 is 2.25 bits per heavy atom. The highest BCUT2D eigenvalue weighted by Crippen LogP contribution is 2.51. The van der Waals surface area contributed by atoms with Crippen molar-refractivity contribution in [2.24, 2.45) is 5.41 Å². The van der Waals surface area contributed by atoms with Gasteiger partial charge in [-0.25, -0.2) is 0 Å². The third-order valence-electron chi connectivity index (χ3n) is 4.98. The van der Waals surface area contributed by atoms with Crippen molar-refractivity contribution >= 4 is 5.91 Å². The predicted octanol–water partition coefficient (Wildman–Crippen LogP) is 2.33. The summed E-state index contributed by atoms with van der Waals surface area (Å²) in [5.41, 5.74) is 0.914. The van der Waals surface area contributed by atoms with Crippen molar-refractivity contribution in [1.29, 1.82) is 0 Å². The molecule has 0 aromatic carbocycles. The van der Waals surface area contributed by atoms with Crippen LogP contribution in [-0.4, -0.2) is 29.6 Å². The normalized spacial score (nSPS) is 27.7. The first-order valence-corrected chi connectivity index (χ1v) is 7.12. The molecule has 2 atom stereocenters. The van der Waals surface area contributed by atoms with Crippen LogP contribution in [0.15, 0.2) is 24.5 Å². The van der Waals surface area contributed by atoms with Gasteiger partial charge in [0, 0.05) is 37.4 Å². The third kappa shape index (κ3) is 2.70. The largest absolute Gasteiger partial charge is 0.378 e. The second kappa shape index (κ2) is 5.52. The van der Waals surface area contributed by atoms with Crippen LogP contribution in [0.1, 0.15) is 39.2 Å². The minimum Gasteiger partial charge on any atom is -0.378 e. The van der Waals surface area contributed by atoms with Gasteiger partial charge in [0.25, 0.3) is 0 Å². The molecule has 110 valence electrons. The van der Waals surface area contributed by atoms with Crippen molar-refractivity contribution in [2.45, 2.75) is 51.7 Å². The Balaban J connectivity index is 1.82. The molecule has 1 aromatic rings. The number of amides is 1. The highest BCUT2D eigenvalue weighted by atomic mass is 16.5. The number of carbonyl (C=O) groups is 1. The predicted molar refractivity (Wildman–Crippen MR) is 78.3 cm³/mol. The molecule has 1 aliphatic rings. The highest BCUT2D eigenvalue weighted by molar-refractivity contribution is 5.76. The average Bonchev–Trinajstić information content (AvgIpc) is 2.45. The SMILES string of the molecule is CO[C@@]1(C)C[C@@H](NC(=O)CCc2cccnc2)C1(C)C. The second-order valence-corrected chi connectivity index (χ2v) is 6.34. The maximum Gasteiger partial charge on any atom is 0.220 e. The molecule has 1 saturated carbocycles. The van der Waals surface area contributed by atoms with Crippen LogP contribution in [0.2, 0.25) is 0 Å². The molecule has 2 rings (SSSR count). The van der Waals surface area contributed by atoms with E-state index in [2.05, 4.69) is 31.1 Å². The maximum absolute atomic E-state index is 12.0. The average molecular weight is 276 g/mol. The van der Waals surface area contributed by atoms with Crippen LogP contribution in [0.4, 0.5) is 0 Å². The topological polar surface area (TPSA) is 51.2 Å². The number of ether oxygens (including phenoxy) is 1. The fourth-order valence-corrected chi connectivity index (χ4v) is 2.79. The lowest BCUT2D eigenvalue weighted by atomic mass is 9.56. The number of hydrogen-bond acceptors (Lipinski definition) is 3. The van der Waals surface area contributed by atoms with Crippen LogP contribution < -0.4 is 5.32 Å². The highest BCUT2D eigenvalue weighted by Gasteiger charge is 2.58. The van der Waals surface area contributed by atoms with Gasteiger partial charge >= 0.3 is 0 Å². The van der Waals surface area contributed by atoms with Crippen molar-refractivity contribution < 1.29 is 9.53 Å². The number of aryl methyl sites for hydroxylation is 1. The first-order valence-electron chi connectivity index (χ1n) is 7.12. The van der Waals surface area contributed by atoms with Crippen molar-refractivity contribution in [3.05, 3.63) is 30.1 Å². The van der Waals surface area contributed by atoms with Crippen LogP contribution in [0.3, 0.4) is 0 Å². The van der Waals surface area contributed by atoms with Gasteiger partial charge < -0.3 is 10.1 Å². The number of nitrogens with zero attached hydrogens (tertiary/aromatic N) is 1. The second-order valence-electron chi connectivity index (χ2n) is 6.34. The summed E-state index contributed by atoms with van der Waals surface area (Å²) in [5, 5.41) is 3.13. The Hall–Kier alpha value is -1.42. The van der Waals surface area contributed by atoms with E-state index in [4.69, 9.17) is 4.74 Å². The van der Waals surface area contributed by atoms with Crippen molar-refractivity contribution in [2.75, 3.05) is 7.11 Å². The molecule has 0 unspecified atom stereocenters. The van der Waals surface area contributed by atoms with E-state index >= 15 is 0 Å². The van der Waals surface area contributed by atoms with Crippen LogP contribution in [-0.2, 0) is 16.0 Å². The molecule has 0 saturated heterocycles. The monoisotopic (exact) mass is 276 g/mol. The molecular weight excluding hydrogens is 252 g/mol. The summed E-state index contributed by atoms with van der Waals surface area (Å²) in [4.78, 5) is 16.1. The van der Waals surface area contributed by atoms with Crippen LogP contribution in [0.25, 0.3) is 0 Å². The smallest absolute Gasteiger partial charge is 0.220 e. The van der Waals surface area contributed by atoms with E-state index in [9.17, 15) is 4.79 Å². The van der Waals surface area contributed by atoms with Gasteiger partial charge in [0.05, 0.1) is 5.60 Å². The first kappa shape index (κ1) is 15.0. The van der Waals surface area contributed by atoms with Crippen molar-refractivity contribution in [1.82, 2.24) is 10.3 Å². The van der Waals surface area contributed by atoms with Crippen molar-refractivity contribution in [3.8, 4) is 0 Å². The Labute approximate surface area is 120 Å². The van der Waals surface area contributed by atoms with E-state index in [1.165, 1.54) is 0 Å². The molecule has 0 bridgehead atoms. The number of carbonyl (C=O) groups excluding carboxylic acids is 1. The minimum absolute atomic E-state index is 0.0360. The van der Waals surface area contributed by atoms with Crippen LogP contribution >= 0.6 is 0 Å². The summed E-state index contributed by atoms with van der Waals surface area (Å²) >= 11 is 0. The summed E-state index contributed by atoms with van der Waals surface area (Å²) in [6.45, 7) is 6.39. The first-order chi connectivity index (χ1) is 9.39. The molecule has 1 amide bonds. The fourth-order valence-electron chi connectivity index (χ4n) is 2.79. The lowest BCUT2D eigenvalue weighted by molar-refractivity contribution is -0.182. The molecule has 4 nitrogen and oxygen atoms in total. The number of pyridine rings is 1. The van der Waals surface area contributed by atoms with Crippen LogP contribution in [0.5, 0.6) is 0 Å². The molecule has 0 aliphatic heterocycles. The summed E-state index contributed by atoms with van der Waals surface area (Å²) in [5.74, 6) is 0.102. The summed E-state index contributed by atoms with van der Waals surface area (Å²) in [6, 6.07) is 4.08. The Bertz CT molecular complexity index is 473. The van der Waals surface area contributed by atoms with Gasteiger partial charge in [-0.3, -0.25) is 9.78 Å². The van der Waals surface area contributed by atoms with Gasteiger partial charge in [-0.05, 0) is 31.4 Å². The van der Waals surface area contributed by atoms with Gasteiger partial charge in [-0.15, -0.1) is 0 Å². The number of aromatic nitrogens is 1. The molecule has 1 fully saturated rings. The van der Waals surface area contributed by atoms with E-state index < -0.39 is 0 Å². The standard InChI is InChI=1S/C16H24N2O2/c1-15(2)13(10-16(15,3)20-4)18-14(19)8-7-12-6-5-9-17-11-12/h5-6,9,11,13H,7-8,10H2,1-4H3,(H,18,19)/t13-,16+/m1/s1. The van der Waals surface area contributed by atoms with Gasteiger partial charge in [-0.1, -0.05) is 19.9 Å². The number of rotatable bonds is 5. The molecule has 0 radical (unpaired) electrons. The lowest BCUT2D eigenvalue weighted by Crippen LogP contribution is -2.68. The minimum atomic E-state index is -0.145. The molecule has 4 heteroatoms. The van der Waals surface area contributed by atoms with Gasteiger partial charge in [0.1, 0.15) is 0 Å². The Morgan fingerprint density at radius 3 is 2.80 bits per heavy atom. The maximum atomic E-state index is 12.0. The van der Waals surface area contributed by atoms with E-state index in [1.807, 2.05) is 18.3 Å². The molecule has 20 heavy (non-hydrogen) atoms. The summed E-state index contributed by atoms with van der Waals surface area (Å²) in [7, 11) is 1.74. The number of nitrogens with one attached hydrogen (secondary N) is 1. The quantitative estimate of drug-likeness (QED) is 0.898. The molecule has 1 aliphatic carbocycles. The number of hydrogen-bond donors (Lipinski definition) is 1. The summed E-state index contributed by atoms with van der Waals surface area (Å²) < 4.78 is 5.57.